The molecule has 0 amide bonds. The molecule has 0 bridgehead atoms. The quantitative estimate of drug-likeness (QED) is 0.509. The fourth-order valence-corrected chi connectivity index (χ4v) is 1.80. The van der Waals surface area contributed by atoms with Gasteiger partial charge >= 0.3 is 0 Å². The highest BCUT2D eigenvalue weighted by Crippen LogP contribution is 2.09. The molecule has 0 unspecified atom stereocenters. The number of para-hydroxylation sites is 1. The summed E-state index contributed by atoms with van der Waals surface area (Å²) in [6.45, 7) is 0.690. The van der Waals surface area contributed by atoms with Gasteiger partial charge in [0.25, 0.3) is 0 Å². The Balaban J connectivity index is 1.99. The molecule has 0 aliphatic heterocycles. The van der Waals surface area contributed by atoms with Gasteiger partial charge in [0.1, 0.15) is 11.5 Å². The van der Waals surface area contributed by atoms with E-state index in [1.165, 1.54) is 0 Å². The van der Waals surface area contributed by atoms with E-state index in [2.05, 4.69) is 15.9 Å². The highest BCUT2D eigenvalue weighted by atomic mass is 79.9. The maximum absolute atomic E-state index is 11.4. The Morgan fingerprint density at radius 1 is 1.06 bits per heavy atom. The summed E-state index contributed by atoms with van der Waals surface area (Å²) in [5.41, 5.74) is 0. The number of carbonyl (C=O) groups excluding carboxylic acids is 1. The molecule has 0 radical (unpaired) electrons. The first kappa shape index (κ1) is 14.2. The van der Waals surface area contributed by atoms with E-state index < -0.39 is 0 Å². The highest BCUT2D eigenvalue weighted by Gasteiger charge is 2.01. The van der Waals surface area contributed by atoms with Crippen LogP contribution in [0.5, 0.6) is 5.75 Å². The molecule has 0 atom stereocenters. The van der Waals surface area contributed by atoms with Gasteiger partial charge in [-0.3, -0.25) is 4.79 Å². The molecule has 0 spiro atoms. The summed E-state index contributed by atoms with van der Waals surface area (Å²) in [6.07, 6.45) is 4.19. The van der Waals surface area contributed by atoms with E-state index in [0.717, 1.165) is 30.3 Å². The molecule has 1 rings (SSSR count). The van der Waals surface area contributed by atoms with Gasteiger partial charge in [-0.15, -0.1) is 0 Å². The van der Waals surface area contributed by atoms with E-state index in [4.69, 9.17) is 4.74 Å². The van der Waals surface area contributed by atoms with E-state index in [1.54, 1.807) is 0 Å². The van der Waals surface area contributed by atoms with Crippen molar-refractivity contribution in [3.8, 4) is 5.75 Å². The molecular formula is C14H19BrO2. The van der Waals surface area contributed by atoms with Crippen LogP contribution in [0.4, 0.5) is 0 Å². The van der Waals surface area contributed by atoms with Crippen LogP contribution < -0.4 is 4.74 Å². The molecule has 0 heterocycles. The average molecular weight is 299 g/mol. The number of halogens is 1. The van der Waals surface area contributed by atoms with E-state index in [9.17, 15) is 4.79 Å². The van der Waals surface area contributed by atoms with Crippen LogP contribution in [0.1, 0.15) is 32.1 Å². The van der Waals surface area contributed by atoms with Crippen molar-refractivity contribution in [1.29, 1.82) is 0 Å². The summed E-state index contributed by atoms with van der Waals surface area (Å²) >= 11 is 3.32. The lowest BCUT2D eigenvalue weighted by Gasteiger charge is -2.05. The molecule has 1 aromatic rings. The van der Waals surface area contributed by atoms with Crippen LogP contribution in [-0.4, -0.2) is 17.7 Å². The molecule has 17 heavy (non-hydrogen) atoms. The Morgan fingerprint density at radius 3 is 2.47 bits per heavy atom. The van der Waals surface area contributed by atoms with Gasteiger partial charge < -0.3 is 4.74 Å². The molecule has 0 aromatic heterocycles. The van der Waals surface area contributed by atoms with Gasteiger partial charge in [-0.25, -0.2) is 0 Å². The van der Waals surface area contributed by atoms with Crippen molar-refractivity contribution >= 4 is 21.7 Å². The van der Waals surface area contributed by atoms with E-state index in [-0.39, 0.29) is 0 Å². The zero-order chi connectivity index (χ0) is 12.3. The molecule has 1 aromatic carbocycles. The average Bonchev–Trinajstić information content (AvgIpc) is 2.37. The van der Waals surface area contributed by atoms with Gasteiger partial charge in [0.05, 0.1) is 6.61 Å². The third kappa shape index (κ3) is 7.16. The molecule has 0 N–H and O–H groups in total. The fraction of sp³-hybridized carbons (Fsp3) is 0.500. The molecule has 3 heteroatoms. The predicted octanol–water partition coefficient (Wildman–Crippen LogP) is 3.98. The SMILES string of the molecule is O=C(CCCBr)CCCCOc1ccccc1. The Morgan fingerprint density at radius 2 is 1.76 bits per heavy atom. The van der Waals surface area contributed by atoms with Crippen molar-refractivity contribution in [1.82, 2.24) is 0 Å². The lowest BCUT2D eigenvalue weighted by molar-refractivity contribution is -0.119. The standard InChI is InChI=1S/C14H19BrO2/c15-11-6-8-13(16)7-4-5-12-17-14-9-2-1-3-10-14/h1-3,9-10H,4-8,11-12H2. The molecule has 0 saturated heterocycles. The Labute approximate surface area is 111 Å². The highest BCUT2D eigenvalue weighted by molar-refractivity contribution is 9.09. The van der Waals surface area contributed by atoms with Crippen LogP contribution >= 0.6 is 15.9 Å². The fourth-order valence-electron chi connectivity index (χ4n) is 1.52. The molecule has 0 aliphatic rings. The monoisotopic (exact) mass is 298 g/mol. The Bertz CT molecular complexity index is 311. The number of alkyl halides is 1. The normalized spacial score (nSPS) is 10.2. The maximum atomic E-state index is 11.4. The number of ether oxygens (including phenoxy) is 1. The number of hydrogen-bond acceptors (Lipinski definition) is 2. The first-order chi connectivity index (χ1) is 8.33. The second-order valence-electron chi connectivity index (χ2n) is 3.95. The van der Waals surface area contributed by atoms with Gasteiger partial charge in [0.15, 0.2) is 0 Å². The number of ketones is 1. The predicted molar refractivity (Wildman–Crippen MR) is 73.8 cm³/mol. The first-order valence-electron chi connectivity index (χ1n) is 6.08. The molecule has 2 nitrogen and oxygen atoms in total. The second-order valence-corrected chi connectivity index (χ2v) is 4.74. The Hall–Kier alpha value is -0.830. The summed E-state index contributed by atoms with van der Waals surface area (Å²) in [6, 6.07) is 9.77. The topological polar surface area (TPSA) is 26.3 Å². The van der Waals surface area contributed by atoms with Crippen LogP contribution in [0.15, 0.2) is 30.3 Å². The molecule has 0 saturated carbocycles. The number of hydrogen-bond donors (Lipinski definition) is 0. The van der Waals surface area contributed by atoms with Crippen LogP contribution in [0.25, 0.3) is 0 Å². The molecule has 0 fully saturated rings. The summed E-state index contributed by atoms with van der Waals surface area (Å²) in [4.78, 5) is 11.4. The van der Waals surface area contributed by atoms with Crippen molar-refractivity contribution in [2.75, 3.05) is 11.9 Å². The summed E-state index contributed by atoms with van der Waals surface area (Å²) in [5.74, 6) is 1.27. The summed E-state index contributed by atoms with van der Waals surface area (Å²) < 4.78 is 5.55. The van der Waals surface area contributed by atoms with Crippen molar-refractivity contribution in [3.05, 3.63) is 30.3 Å². The van der Waals surface area contributed by atoms with E-state index in [1.807, 2.05) is 30.3 Å². The lowest BCUT2D eigenvalue weighted by atomic mass is 10.1. The van der Waals surface area contributed by atoms with Gasteiger partial charge in [0.2, 0.25) is 0 Å². The van der Waals surface area contributed by atoms with Gasteiger partial charge in [0, 0.05) is 18.2 Å². The largest absolute Gasteiger partial charge is 0.494 e. The summed E-state index contributed by atoms with van der Waals surface area (Å²) in [7, 11) is 0. The molecular weight excluding hydrogens is 280 g/mol. The number of unbranched alkanes of at least 4 members (excludes halogenated alkanes) is 1. The molecule has 0 aliphatic carbocycles. The van der Waals surface area contributed by atoms with E-state index >= 15 is 0 Å². The number of benzene rings is 1. The third-order valence-corrected chi connectivity index (χ3v) is 3.01. The minimum atomic E-state index is 0.365. The number of carbonyl (C=O) groups is 1. The smallest absolute Gasteiger partial charge is 0.132 e. The van der Waals surface area contributed by atoms with Gasteiger partial charge in [-0.1, -0.05) is 34.1 Å². The maximum Gasteiger partial charge on any atom is 0.132 e. The zero-order valence-electron chi connectivity index (χ0n) is 10.0. The van der Waals surface area contributed by atoms with Crippen LogP contribution in [0, 0.1) is 0 Å². The minimum Gasteiger partial charge on any atom is -0.494 e. The second kappa shape index (κ2) is 9.23. The zero-order valence-corrected chi connectivity index (χ0v) is 11.6. The number of rotatable bonds is 9. The Kier molecular flexibility index (Phi) is 7.72. The number of Topliss-reactive ketones (excluding diaryl/α,β-unsaturated/α-hetero) is 1. The first-order valence-corrected chi connectivity index (χ1v) is 7.20. The van der Waals surface area contributed by atoms with Crippen LogP contribution in [0.3, 0.4) is 0 Å². The van der Waals surface area contributed by atoms with Gasteiger partial charge in [-0.05, 0) is 31.4 Å². The molecule has 94 valence electrons. The summed E-state index contributed by atoms with van der Waals surface area (Å²) in [5, 5.41) is 0.913. The van der Waals surface area contributed by atoms with Gasteiger partial charge in [-0.2, -0.15) is 0 Å². The van der Waals surface area contributed by atoms with Crippen LogP contribution in [-0.2, 0) is 4.79 Å². The third-order valence-electron chi connectivity index (χ3n) is 2.45. The van der Waals surface area contributed by atoms with Crippen molar-refractivity contribution in [3.63, 3.8) is 0 Å². The van der Waals surface area contributed by atoms with Crippen molar-refractivity contribution in [2.45, 2.75) is 32.1 Å². The van der Waals surface area contributed by atoms with Crippen molar-refractivity contribution in [2.24, 2.45) is 0 Å². The van der Waals surface area contributed by atoms with Crippen LogP contribution in [0.2, 0.25) is 0 Å². The minimum absolute atomic E-state index is 0.365. The van der Waals surface area contributed by atoms with Crippen molar-refractivity contribution < 1.29 is 9.53 Å². The lowest BCUT2D eigenvalue weighted by Crippen LogP contribution is -2.01. The van der Waals surface area contributed by atoms with E-state index in [0.29, 0.717) is 25.2 Å².